The van der Waals surface area contributed by atoms with Crippen molar-refractivity contribution in [3.8, 4) is 11.1 Å². The lowest BCUT2D eigenvalue weighted by atomic mass is 9.98. The number of anilines is 1. The van der Waals surface area contributed by atoms with Crippen LogP contribution in [-0.2, 0) is 4.74 Å². The average Bonchev–Trinajstić information content (AvgIpc) is 2.54. The Morgan fingerprint density at radius 2 is 2.10 bits per heavy atom. The molecule has 0 bridgehead atoms. The lowest BCUT2D eigenvalue weighted by molar-refractivity contribution is 0.0594. The van der Waals surface area contributed by atoms with Gasteiger partial charge in [-0.05, 0) is 23.3 Å². The van der Waals surface area contributed by atoms with Crippen LogP contribution in [0.5, 0.6) is 0 Å². The minimum atomic E-state index is -0.466. The van der Waals surface area contributed by atoms with Crippen LogP contribution < -0.4 is 5.73 Å². The number of hydrogen-bond donors (Lipinski definition) is 1. The summed E-state index contributed by atoms with van der Waals surface area (Å²) in [5.74, 6) is -0.466. The van der Waals surface area contributed by atoms with Gasteiger partial charge in [0.25, 0.3) is 0 Å². The standard InChI is InChI=1S/C16H13N3O2/c1-21-16(20)14-7-10(5-6-19-14)12-4-2-3-11-8-18-9-13(17)15(11)12/h2-9H,17H2,1H3. The van der Waals surface area contributed by atoms with Crippen molar-refractivity contribution in [3.63, 3.8) is 0 Å². The van der Waals surface area contributed by atoms with Gasteiger partial charge in [-0.25, -0.2) is 9.78 Å². The van der Waals surface area contributed by atoms with Crippen molar-refractivity contribution in [2.75, 3.05) is 12.8 Å². The monoisotopic (exact) mass is 279 g/mol. The van der Waals surface area contributed by atoms with Crippen molar-refractivity contribution >= 4 is 22.4 Å². The number of pyridine rings is 2. The molecular formula is C16H13N3O2. The molecule has 2 N–H and O–H groups in total. The topological polar surface area (TPSA) is 78.1 Å². The molecule has 2 heterocycles. The number of benzene rings is 1. The molecule has 0 aliphatic carbocycles. The summed E-state index contributed by atoms with van der Waals surface area (Å²) < 4.78 is 4.70. The quantitative estimate of drug-likeness (QED) is 0.730. The summed E-state index contributed by atoms with van der Waals surface area (Å²) in [4.78, 5) is 19.7. The van der Waals surface area contributed by atoms with Crippen LogP contribution in [0.25, 0.3) is 21.9 Å². The van der Waals surface area contributed by atoms with Crippen molar-refractivity contribution in [2.45, 2.75) is 0 Å². The molecular weight excluding hydrogens is 266 g/mol. The van der Waals surface area contributed by atoms with Crippen molar-refractivity contribution in [3.05, 3.63) is 54.6 Å². The minimum absolute atomic E-state index is 0.264. The maximum atomic E-state index is 11.6. The van der Waals surface area contributed by atoms with Gasteiger partial charge in [0.1, 0.15) is 5.69 Å². The SMILES string of the molecule is COC(=O)c1cc(-c2cccc3cncc(N)c23)ccn1. The second-order valence-electron chi connectivity index (χ2n) is 4.55. The number of methoxy groups -OCH3 is 1. The fraction of sp³-hybridized carbons (Fsp3) is 0.0625. The number of carbonyl (C=O) groups is 1. The van der Waals surface area contributed by atoms with Crippen molar-refractivity contribution in [2.24, 2.45) is 0 Å². The largest absolute Gasteiger partial charge is 0.464 e. The predicted molar refractivity (Wildman–Crippen MR) is 80.7 cm³/mol. The molecule has 0 aliphatic rings. The first-order chi connectivity index (χ1) is 10.2. The van der Waals surface area contributed by atoms with Gasteiger partial charge in [-0.15, -0.1) is 0 Å². The number of fused-ring (bicyclic) bond motifs is 1. The van der Waals surface area contributed by atoms with E-state index in [4.69, 9.17) is 10.5 Å². The van der Waals surface area contributed by atoms with Gasteiger partial charge >= 0.3 is 5.97 Å². The molecule has 3 rings (SSSR count). The van der Waals surface area contributed by atoms with E-state index >= 15 is 0 Å². The molecule has 104 valence electrons. The molecule has 0 atom stereocenters. The maximum Gasteiger partial charge on any atom is 0.356 e. The lowest BCUT2D eigenvalue weighted by Crippen LogP contribution is -2.03. The molecule has 0 saturated heterocycles. The molecule has 1 aromatic carbocycles. The van der Waals surface area contributed by atoms with Gasteiger partial charge in [0.05, 0.1) is 19.0 Å². The number of hydrogen-bond acceptors (Lipinski definition) is 5. The number of rotatable bonds is 2. The molecule has 0 saturated carbocycles. The first-order valence-electron chi connectivity index (χ1n) is 6.37. The smallest absolute Gasteiger partial charge is 0.356 e. The number of carbonyl (C=O) groups excluding carboxylic acids is 1. The third-order valence-electron chi connectivity index (χ3n) is 3.28. The van der Waals surface area contributed by atoms with Gasteiger partial charge in [-0.2, -0.15) is 0 Å². The number of esters is 1. The van der Waals surface area contributed by atoms with Gasteiger partial charge in [0.2, 0.25) is 0 Å². The number of ether oxygens (including phenoxy) is 1. The van der Waals surface area contributed by atoms with E-state index in [1.807, 2.05) is 24.3 Å². The van der Waals surface area contributed by atoms with E-state index in [1.165, 1.54) is 7.11 Å². The van der Waals surface area contributed by atoms with Gasteiger partial charge in [0.15, 0.2) is 0 Å². The van der Waals surface area contributed by atoms with E-state index < -0.39 is 5.97 Å². The first-order valence-corrected chi connectivity index (χ1v) is 6.37. The summed E-state index contributed by atoms with van der Waals surface area (Å²) in [5, 5.41) is 1.86. The van der Waals surface area contributed by atoms with E-state index in [1.54, 1.807) is 24.7 Å². The predicted octanol–water partition coefficient (Wildman–Crippen LogP) is 2.67. The summed E-state index contributed by atoms with van der Waals surface area (Å²) in [5.41, 5.74) is 8.69. The van der Waals surface area contributed by atoms with Crippen molar-refractivity contribution in [1.29, 1.82) is 0 Å². The van der Waals surface area contributed by atoms with E-state index in [9.17, 15) is 4.79 Å². The van der Waals surface area contributed by atoms with Gasteiger partial charge in [-0.1, -0.05) is 18.2 Å². The summed E-state index contributed by atoms with van der Waals surface area (Å²) in [6, 6.07) is 9.36. The maximum absolute atomic E-state index is 11.6. The zero-order valence-corrected chi connectivity index (χ0v) is 11.4. The van der Waals surface area contributed by atoms with Crippen molar-refractivity contribution < 1.29 is 9.53 Å². The van der Waals surface area contributed by atoms with Gasteiger partial charge < -0.3 is 10.5 Å². The molecule has 0 aliphatic heterocycles. The van der Waals surface area contributed by atoms with Crippen LogP contribution in [0.1, 0.15) is 10.5 Å². The Hall–Kier alpha value is -2.95. The molecule has 3 aromatic rings. The Morgan fingerprint density at radius 1 is 1.24 bits per heavy atom. The Kier molecular flexibility index (Phi) is 3.23. The summed E-state index contributed by atoms with van der Waals surface area (Å²) >= 11 is 0. The molecule has 0 amide bonds. The van der Waals surface area contributed by atoms with Crippen LogP contribution in [0, 0.1) is 0 Å². The van der Waals surface area contributed by atoms with Crippen molar-refractivity contribution in [1.82, 2.24) is 9.97 Å². The zero-order chi connectivity index (χ0) is 14.8. The first kappa shape index (κ1) is 13.1. The Bertz CT molecular complexity index is 825. The Labute approximate surface area is 121 Å². The summed E-state index contributed by atoms with van der Waals surface area (Å²) in [7, 11) is 1.33. The van der Waals surface area contributed by atoms with E-state index in [2.05, 4.69) is 9.97 Å². The fourth-order valence-corrected chi connectivity index (χ4v) is 2.32. The molecule has 0 spiro atoms. The normalized spacial score (nSPS) is 10.5. The zero-order valence-electron chi connectivity index (χ0n) is 11.4. The highest BCUT2D eigenvalue weighted by Crippen LogP contribution is 2.32. The third-order valence-corrected chi connectivity index (χ3v) is 3.28. The highest BCUT2D eigenvalue weighted by atomic mass is 16.5. The van der Waals surface area contributed by atoms with Crippen LogP contribution >= 0.6 is 0 Å². The van der Waals surface area contributed by atoms with Crippen LogP contribution in [0.2, 0.25) is 0 Å². The number of nitrogens with zero attached hydrogens (tertiary/aromatic N) is 2. The van der Waals surface area contributed by atoms with Gasteiger partial charge in [0, 0.05) is 23.2 Å². The van der Waals surface area contributed by atoms with Gasteiger partial charge in [-0.3, -0.25) is 4.98 Å². The van der Waals surface area contributed by atoms with Crippen LogP contribution in [0.15, 0.2) is 48.9 Å². The minimum Gasteiger partial charge on any atom is -0.464 e. The molecule has 0 unspecified atom stereocenters. The molecule has 21 heavy (non-hydrogen) atoms. The lowest BCUT2D eigenvalue weighted by Gasteiger charge is -2.09. The second kappa shape index (κ2) is 5.20. The molecule has 0 fully saturated rings. The Morgan fingerprint density at radius 3 is 2.90 bits per heavy atom. The van der Waals surface area contributed by atoms with E-state index in [0.717, 1.165) is 21.9 Å². The molecule has 5 nitrogen and oxygen atoms in total. The number of nitrogen functional groups attached to an aromatic ring is 1. The molecule has 2 aromatic heterocycles. The molecule has 0 radical (unpaired) electrons. The average molecular weight is 279 g/mol. The summed E-state index contributed by atoms with van der Waals surface area (Å²) in [6.07, 6.45) is 4.96. The van der Waals surface area contributed by atoms with Crippen LogP contribution in [0.3, 0.4) is 0 Å². The summed E-state index contributed by atoms with van der Waals surface area (Å²) in [6.45, 7) is 0. The number of aromatic nitrogens is 2. The highest BCUT2D eigenvalue weighted by Gasteiger charge is 2.11. The number of nitrogens with two attached hydrogens (primary N) is 1. The highest BCUT2D eigenvalue weighted by molar-refractivity contribution is 6.04. The molecule has 5 heteroatoms. The fourth-order valence-electron chi connectivity index (χ4n) is 2.32. The van der Waals surface area contributed by atoms with E-state index in [0.29, 0.717) is 5.69 Å². The van der Waals surface area contributed by atoms with Crippen LogP contribution in [-0.4, -0.2) is 23.0 Å². The second-order valence-corrected chi connectivity index (χ2v) is 4.55. The third kappa shape index (κ3) is 2.29. The Balaban J connectivity index is 2.24. The van der Waals surface area contributed by atoms with Crippen LogP contribution in [0.4, 0.5) is 5.69 Å². The van der Waals surface area contributed by atoms with E-state index in [-0.39, 0.29) is 5.69 Å².